The highest BCUT2D eigenvalue weighted by molar-refractivity contribution is 5.80. The van der Waals surface area contributed by atoms with Crippen molar-refractivity contribution in [2.24, 2.45) is 11.8 Å². The number of carbonyl (C=O) groups excluding carboxylic acids is 1. The topological polar surface area (TPSA) is 74.6 Å². The van der Waals surface area contributed by atoms with Crippen LogP contribution in [0.2, 0.25) is 0 Å². The van der Waals surface area contributed by atoms with Crippen molar-refractivity contribution in [2.75, 3.05) is 13.2 Å². The standard InChI is InChI=1S/C28H29F2N3O3/c1-2-13-31-27(35)25-21(16-34)24-15-33-23(26(25)32(24)14-18-5-3-4-6-22(18)30)12-11-20(28(33)36)17-7-9-19(29)10-8-17/h3-12,21,24-26,34H,2,13-16H2,1H3,(H,31,35)/t21-,24-,25+,26+/m0/s1. The van der Waals surface area contributed by atoms with Crippen molar-refractivity contribution in [3.8, 4) is 11.1 Å². The third kappa shape index (κ3) is 4.14. The number of fused-ring (bicyclic) bond motifs is 4. The molecule has 188 valence electrons. The molecule has 36 heavy (non-hydrogen) atoms. The lowest BCUT2D eigenvalue weighted by molar-refractivity contribution is -0.127. The monoisotopic (exact) mass is 493 g/mol. The first-order valence-corrected chi connectivity index (χ1v) is 12.3. The summed E-state index contributed by atoms with van der Waals surface area (Å²) in [5.74, 6) is -1.91. The van der Waals surface area contributed by atoms with Gasteiger partial charge in [-0.05, 0) is 42.3 Å². The van der Waals surface area contributed by atoms with Crippen molar-refractivity contribution in [2.45, 2.75) is 38.5 Å². The normalized spacial score (nSPS) is 22.9. The molecule has 2 N–H and O–H groups in total. The minimum atomic E-state index is -0.594. The van der Waals surface area contributed by atoms with E-state index in [0.29, 0.717) is 28.9 Å². The number of aliphatic hydroxyl groups excluding tert-OH is 1. The van der Waals surface area contributed by atoms with E-state index in [9.17, 15) is 23.5 Å². The molecule has 8 heteroatoms. The van der Waals surface area contributed by atoms with E-state index >= 15 is 0 Å². The Kier molecular flexibility index (Phi) is 6.73. The van der Waals surface area contributed by atoms with Crippen LogP contribution in [0, 0.1) is 23.5 Å². The van der Waals surface area contributed by atoms with Gasteiger partial charge in [0.1, 0.15) is 11.6 Å². The van der Waals surface area contributed by atoms with Crippen LogP contribution in [0.15, 0.2) is 65.5 Å². The van der Waals surface area contributed by atoms with Gasteiger partial charge in [0.05, 0.1) is 12.0 Å². The Morgan fingerprint density at radius 2 is 1.83 bits per heavy atom. The van der Waals surface area contributed by atoms with Crippen molar-refractivity contribution in [3.63, 3.8) is 0 Å². The van der Waals surface area contributed by atoms with E-state index in [1.807, 2.05) is 13.0 Å². The highest BCUT2D eigenvalue weighted by atomic mass is 19.1. The predicted molar refractivity (Wildman–Crippen MR) is 132 cm³/mol. The summed E-state index contributed by atoms with van der Waals surface area (Å²) in [4.78, 5) is 29.0. The second-order valence-electron chi connectivity index (χ2n) is 9.53. The molecule has 2 aliphatic rings. The molecule has 3 aromatic rings. The number of carbonyl (C=O) groups is 1. The smallest absolute Gasteiger partial charge is 0.258 e. The number of hydrogen-bond donors (Lipinski definition) is 2. The van der Waals surface area contributed by atoms with Gasteiger partial charge >= 0.3 is 0 Å². The van der Waals surface area contributed by atoms with E-state index < -0.39 is 17.9 Å². The zero-order valence-electron chi connectivity index (χ0n) is 20.0. The molecule has 4 atom stereocenters. The molecule has 5 rings (SSSR count). The van der Waals surface area contributed by atoms with Crippen LogP contribution < -0.4 is 10.9 Å². The first-order valence-electron chi connectivity index (χ1n) is 12.3. The van der Waals surface area contributed by atoms with Crippen molar-refractivity contribution in [3.05, 3.63) is 93.9 Å². The minimum Gasteiger partial charge on any atom is -0.396 e. The molecular weight excluding hydrogens is 464 g/mol. The van der Waals surface area contributed by atoms with Gasteiger partial charge in [-0.2, -0.15) is 0 Å². The van der Waals surface area contributed by atoms with E-state index in [2.05, 4.69) is 10.2 Å². The number of nitrogens with zero attached hydrogens (tertiary/aromatic N) is 2. The summed E-state index contributed by atoms with van der Waals surface area (Å²) in [5.41, 5.74) is 1.97. The fourth-order valence-corrected chi connectivity index (χ4v) is 5.78. The molecule has 0 spiro atoms. The summed E-state index contributed by atoms with van der Waals surface area (Å²) < 4.78 is 29.7. The lowest BCUT2D eigenvalue weighted by atomic mass is 9.86. The molecule has 6 nitrogen and oxygen atoms in total. The number of halogens is 2. The quantitative estimate of drug-likeness (QED) is 0.529. The largest absolute Gasteiger partial charge is 0.396 e. The third-order valence-corrected chi connectivity index (χ3v) is 7.49. The van der Waals surface area contributed by atoms with Crippen LogP contribution in [0.1, 0.15) is 30.6 Å². The van der Waals surface area contributed by atoms with Crippen molar-refractivity contribution >= 4 is 5.91 Å². The highest BCUT2D eigenvalue weighted by Crippen LogP contribution is 2.49. The van der Waals surface area contributed by atoms with E-state index in [0.717, 1.165) is 6.42 Å². The van der Waals surface area contributed by atoms with Crippen LogP contribution in [0.3, 0.4) is 0 Å². The van der Waals surface area contributed by atoms with Gasteiger partial charge in [-0.1, -0.05) is 37.3 Å². The van der Waals surface area contributed by atoms with Crippen LogP contribution in [-0.2, 0) is 17.9 Å². The summed E-state index contributed by atoms with van der Waals surface area (Å²) in [6.45, 7) is 2.76. The summed E-state index contributed by atoms with van der Waals surface area (Å²) in [6.07, 6.45) is 0.770. The van der Waals surface area contributed by atoms with Gasteiger partial charge in [-0.15, -0.1) is 0 Å². The number of aromatic nitrogens is 1. The number of aliphatic hydroxyl groups is 1. The number of nitrogens with one attached hydrogen (secondary N) is 1. The Bertz CT molecular complexity index is 1320. The zero-order valence-corrected chi connectivity index (χ0v) is 20.0. The Labute approximate surface area is 208 Å². The maximum atomic E-state index is 14.6. The van der Waals surface area contributed by atoms with Gasteiger partial charge < -0.3 is 15.0 Å². The molecule has 0 saturated carbocycles. The number of benzene rings is 2. The van der Waals surface area contributed by atoms with Gasteiger partial charge in [0, 0.05) is 55.0 Å². The molecule has 3 heterocycles. The fourth-order valence-electron chi connectivity index (χ4n) is 5.78. The first-order chi connectivity index (χ1) is 17.4. The molecule has 1 amide bonds. The highest BCUT2D eigenvalue weighted by Gasteiger charge is 2.55. The Morgan fingerprint density at radius 1 is 1.08 bits per heavy atom. The van der Waals surface area contributed by atoms with Crippen molar-refractivity contribution < 1.29 is 18.7 Å². The average molecular weight is 494 g/mol. The summed E-state index contributed by atoms with van der Waals surface area (Å²) in [6, 6.07) is 15.0. The molecule has 1 aromatic heterocycles. The molecule has 2 aliphatic heterocycles. The second-order valence-corrected chi connectivity index (χ2v) is 9.53. The number of rotatable bonds is 7. The average Bonchev–Trinajstić information content (AvgIpc) is 3.09. The fraction of sp³-hybridized carbons (Fsp3) is 0.357. The number of hydrogen-bond acceptors (Lipinski definition) is 4. The van der Waals surface area contributed by atoms with Crippen LogP contribution in [-0.4, -0.2) is 39.7 Å². The van der Waals surface area contributed by atoms with Gasteiger partial charge in [-0.3, -0.25) is 14.5 Å². The van der Waals surface area contributed by atoms with E-state index in [4.69, 9.17) is 0 Å². The molecule has 2 aromatic carbocycles. The SMILES string of the molecule is CCCNC(=O)[C@@H]1[C@@H](CO)[C@@H]2Cn3c(ccc(-c4ccc(F)cc4)c3=O)[C@H]1N2Cc1ccccc1F. The van der Waals surface area contributed by atoms with Crippen LogP contribution in [0.4, 0.5) is 8.78 Å². The van der Waals surface area contributed by atoms with E-state index in [1.165, 1.54) is 18.2 Å². The number of pyridine rings is 1. The Hall–Kier alpha value is -3.36. The zero-order chi connectivity index (χ0) is 25.4. The molecule has 1 saturated heterocycles. The lowest BCUT2D eigenvalue weighted by Gasteiger charge is -2.38. The molecule has 0 radical (unpaired) electrons. The van der Waals surface area contributed by atoms with Crippen molar-refractivity contribution in [1.29, 1.82) is 0 Å². The van der Waals surface area contributed by atoms with E-state index in [1.54, 1.807) is 41.0 Å². The summed E-state index contributed by atoms with van der Waals surface area (Å²) in [7, 11) is 0. The minimum absolute atomic E-state index is 0.176. The number of amides is 1. The summed E-state index contributed by atoms with van der Waals surface area (Å²) in [5, 5.41) is 13.4. The van der Waals surface area contributed by atoms with Gasteiger partial charge in [0.2, 0.25) is 5.91 Å². The predicted octanol–water partition coefficient (Wildman–Crippen LogP) is 3.48. The molecule has 0 aliphatic carbocycles. The molecule has 0 unspecified atom stereocenters. The second kappa shape index (κ2) is 9.95. The molecule has 1 fully saturated rings. The maximum absolute atomic E-state index is 14.6. The van der Waals surface area contributed by atoms with Crippen LogP contribution >= 0.6 is 0 Å². The third-order valence-electron chi connectivity index (χ3n) is 7.49. The van der Waals surface area contributed by atoms with Gasteiger partial charge in [-0.25, -0.2) is 8.78 Å². The first kappa shape index (κ1) is 24.3. The van der Waals surface area contributed by atoms with Gasteiger partial charge in [0.15, 0.2) is 0 Å². The van der Waals surface area contributed by atoms with E-state index in [-0.39, 0.29) is 48.8 Å². The maximum Gasteiger partial charge on any atom is 0.258 e. The lowest BCUT2D eigenvalue weighted by Crippen LogP contribution is -2.46. The molecular formula is C28H29F2N3O3. The molecule has 2 bridgehead atoms. The Morgan fingerprint density at radius 3 is 2.53 bits per heavy atom. The van der Waals surface area contributed by atoms with Crippen molar-refractivity contribution in [1.82, 2.24) is 14.8 Å². The summed E-state index contributed by atoms with van der Waals surface area (Å²) >= 11 is 0. The van der Waals surface area contributed by atoms with Crippen LogP contribution in [0.5, 0.6) is 0 Å². The van der Waals surface area contributed by atoms with Gasteiger partial charge in [0.25, 0.3) is 5.56 Å². The Balaban J connectivity index is 1.61. The van der Waals surface area contributed by atoms with Crippen LogP contribution in [0.25, 0.3) is 11.1 Å².